The average molecular weight is 263 g/mol. The Morgan fingerprint density at radius 2 is 1.74 bits per heavy atom. The van der Waals surface area contributed by atoms with E-state index in [0.29, 0.717) is 19.3 Å². The van der Waals surface area contributed by atoms with E-state index in [4.69, 9.17) is 4.84 Å². The van der Waals surface area contributed by atoms with E-state index >= 15 is 0 Å². The first kappa shape index (κ1) is 13.1. The van der Waals surface area contributed by atoms with Crippen molar-refractivity contribution in [3.05, 3.63) is 35.9 Å². The van der Waals surface area contributed by atoms with Gasteiger partial charge >= 0.3 is 0 Å². The topological polar surface area (TPSA) is 61.7 Å². The summed E-state index contributed by atoms with van der Waals surface area (Å²) in [6.07, 6.45) is 4.59. The summed E-state index contributed by atoms with van der Waals surface area (Å²) in [5.74, 6) is -1.48. The average Bonchev–Trinajstić information content (AvgIpc) is 2.85. The first-order chi connectivity index (χ1) is 9.13. The van der Waals surface area contributed by atoms with Crippen LogP contribution in [0.2, 0.25) is 0 Å². The number of nitrogens with one attached hydrogen (secondary N) is 1. The van der Waals surface area contributed by atoms with E-state index in [0.717, 1.165) is 24.8 Å². The van der Waals surface area contributed by atoms with Crippen LogP contribution in [-0.2, 0) is 4.84 Å². The van der Waals surface area contributed by atoms with Gasteiger partial charge in [0.15, 0.2) is 0 Å². The number of benzene rings is 1. The molecule has 2 aliphatic rings. The Kier molecular flexibility index (Phi) is 3.35. The van der Waals surface area contributed by atoms with E-state index in [2.05, 4.69) is 5.48 Å². The summed E-state index contributed by atoms with van der Waals surface area (Å²) in [6.45, 7) is 0. The molecule has 1 aromatic rings. The normalized spacial score (nSPS) is 34.3. The van der Waals surface area contributed by atoms with Crippen molar-refractivity contribution in [3.8, 4) is 0 Å². The van der Waals surface area contributed by atoms with Gasteiger partial charge in [0.05, 0.1) is 6.04 Å². The van der Waals surface area contributed by atoms with Gasteiger partial charge in [0.1, 0.15) is 5.60 Å². The van der Waals surface area contributed by atoms with Gasteiger partial charge in [-0.2, -0.15) is 5.48 Å². The van der Waals surface area contributed by atoms with Gasteiger partial charge in [-0.05, 0) is 18.4 Å². The molecule has 0 spiro atoms. The zero-order chi connectivity index (χ0) is 13.3. The third kappa shape index (κ3) is 2.30. The smallest absolute Gasteiger partial charge is 0.215 e. The van der Waals surface area contributed by atoms with Gasteiger partial charge in [-0.25, -0.2) is 0 Å². The molecule has 1 saturated heterocycles. The highest BCUT2D eigenvalue weighted by atomic mass is 16.8. The molecule has 104 valence electrons. The fourth-order valence-electron chi connectivity index (χ4n) is 3.21. The summed E-state index contributed by atoms with van der Waals surface area (Å²) in [5, 5.41) is 21.4. The molecule has 1 aliphatic heterocycles. The molecule has 0 amide bonds. The van der Waals surface area contributed by atoms with Crippen LogP contribution in [0, 0.1) is 0 Å². The highest BCUT2D eigenvalue weighted by molar-refractivity contribution is 5.20. The van der Waals surface area contributed by atoms with Crippen molar-refractivity contribution >= 4 is 0 Å². The second-order valence-electron chi connectivity index (χ2n) is 5.76. The van der Waals surface area contributed by atoms with E-state index in [-0.39, 0.29) is 6.04 Å². The van der Waals surface area contributed by atoms with E-state index in [9.17, 15) is 10.2 Å². The molecule has 4 heteroatoms. The van der Waals surface area contributed by atoms with Crippen LogP contribution in [0.25, 0.3) is 0 Å². The maximum Gasteiger partial charge on any atom is 0.215 e. The molecule has 2 fully saturated rings. The largest absolute Gasteiger partial charge is 0.384 e. The van der Waals surface area contributed by atoms with Gasteiger partial charge in [0.25, 0.3) is 0 Å². The zero-order valence-electron chi connectivity index (χ0n) is 11.0. The Labute approximate surface area is 113 Å². The Hall–Kier alpha value is -0.940. The second kappa shape index (κ2) is 4.87. The van der Waals surface area contributed by atoms with Crippen LogP contribution in [0.3, 0.4) is 0 Å². The van der Waals surface area contributed by atoms with Crippen LogP contribution < -0.4 is 5.48 Å². The maximum absolute atomic E-state index is 10.7. The minimum Gasteiger partial charge on any atom is -0.384 e. The lowest BCUT2D eigenvalue weighted by molar-refractivity contribution is -0.303. The van der Waals surface area contributed by atoms with Crippen molar-refractivity contribution in [2.45, 2.75) is 56.0 Å². The molecule has 1 aromatic carbocycles. The number of rotatable bonds is 2. The Bertz CT molecular complexity index is 430. The summed E-state index contributed by atoms with van der Waals surface area (Å²) in [4.78, 5) is 5.41. The molecule has 1 aliphatic carbocycles. The predicted molar refractivity (Wildman–Crippen MR) is 71.0 cm³/mol. The van der Waals surface area contributed by atoms with E-state index in [1.54, 1.807) is 0 Å². The summed E-state index contributed by atoms with van der Waals surface area (Å²) < 4.78 is 0. The SMILES string of the molecule is OC1(C2(O)CC(c3ccccc3)NO2)CCCCC1. The zero-order valence-corrected chi connectivity index (χ0v) is 11.0. The highest BCUT2D eigenvalue weighted by Crippen LogP contribution is 2.44. The van der Waals surface area contributed by atoms with E-state index in [1.165, 1.54) is 0 Å². The minimum atomic E-state index is -1.48. The fourth-order valence-corrected chi connectivity index (χ4v) is 3.21. The molecule has 2 atom stereocenters. The van der Waals surface area contributed by atoms with Crippen LogP contribution in [0.5, 0.6) is 0 Å². The van der Waals surface area contributed by atoms with Crippen molar-refractivity contribution in [1.82, 2.24) is 5.48 Å². The van der Waals surface area contributed by atoms with Crippen molar-refractivity contribution < 1.29 is 15.1 Å². The predicted octanol–water partition coefficient (Wildman–Crippen LogP) is 2.04. The van der Waals surface area contributed by atoms with Gasteiger partial charge in [-0.1, -0.05) is 49.6 Å². The molecule has 0 bridgehead atoms. The minimum absolute atomic E-state index is 0.0721. The van der Waals surface area contributed by atoms with Gasteiger partial charge in [0.2, 0.25) is 5.79 Å². The Balaban J connectivity index is 1.77. The molecule has 0 radical (unpaired) electrons. The third-order valence-corrected chi connectivity index (χ3v) is 4.46. The number of hydrogen-bond donors (Lipinski definition) is 3. The van der Waals surface area contributed by atoms with Crippen molar-refractivity contribution in [2.24, 2.45) is 0 Å². The standard InChI is InChI=1S/C15H21NO3/c17-14(9-5-2-6-10-14)15(18)11-13(16-19-15)12-7-3-1-4-8-12/h1,3-4,7-8,13,16-18H,2,5-6,9-11H2. The van der Waals surface area contributed by atoms with Gasteiger partial charge < -0.3 is 10.2 Å². The first-order valence-corrected chi connectivity index (χ1v) is 7.06. The summed E-state index contributed by atoms with van der Waals surface area (Å²) >= 11 is 0. The highest BCUT2D eigenvalue weighted by Gasteiger charge is 2.55. The van der Waals surface area contributed by atoms with Crippen LogP contribution >= 0.6 is 0 Å². The lowest BCUT2D eigenvalue weighted by Gasteiger charge is -2.41. The van der Waals surface area contributed by atoms with E-state index in [1.807, 2.05) is 30.3 Å². The molecule has 3 rings (SSSR count). The van der Waals surface area contributed by atoms with Gasteiger partial charge in [-0.15, -0.1) is 0 Å². The molecular weight excluding hydrogens is 242 g/mol. The maximum atomic E-state index is 10.7. The third-order valence-electron chi connectivity index (χ3n) is 4.46. The van der Waals surface area contributed by atoms with Crippen molar-refractivity contribution in [3.63, 3.8) is 0 Å². The first-order valence-electron chi connectivity index (χ1n) is 7.06. The summed E-state index contributed by atoms with van der Waals surface area (Å²) in [5.41, 5.74) is 2.82. The van der Waals surface area contributed by atoms with Gasteiger partial charge in [0, 0.05) is 6.42 Å². The van der Waals surface area contributed by atoms with Crippen LogP contribution in [-0.4, -0.2) is 21.6 Å². The van der Waals surface area contributed by atoms with E-state index < -0.39 is 11.4 Å². The summed E-state index contributed by atoms with van der Waals surface area (Å²) in [7, 11) is 0. The molecule has 4 nitrogen and oxygen atoms in total. The molecule has 19 heavy (non-hydrogen) atoms. The Morgan fingerprint density at radius 1 is 1.05 bits per heavy atom. The second-order valence-corrected chi connectivity index (χ2v) is 5.76. The quantitative estimate of drug-likeness (QED) is 0.764. The van der Waals surface area contributed by atoms with Crippen LogP contribution in [0.1, 0.15) is 50.1 Å². The lowest BCUT2D eigenvalue weighted by Crippen LogP contribution is -2.55. The molecule has 1 heterocycles. The molecular formula is C15H21NO3. The molecule has 1 saturated carbocycles. The van der Waals surface area contributed by atoms with Crippen molar-refractivity contribution in [1.29, 1.82) is 0 Å². The number of hydroxylamine groups is 1. The molecule has 0 aromatic heterocycles. The number of aliphatic hydroxyl groups is 2. The molecule has 3 N–H and O–H groups in total. The van der Waals surface area contributed by atoms with Crippen LogP contribution in [0.15, 0.2) is 30.3 Å². The lowest BCUT2D eigenvalue weighted by atomic mass is 9.76. The number of hydrogen-bond acceptors (Lipinski definition) is 4. The molecule has 2 unspecified atom stereocenters. The van der Waals surface area contributed by atoms with Gasteiger partial charge in [-0.3, -0.25) is 4.84 Å². The Morgan fingerprint density at radius 3 is 2.42 bits per heavy atom. The van der Waals surface area contributed by atoms with Crippen LogP contribution in [0.4, 0.5) is 0 Å². The summed E-state index contributed by atoms with van der Waals surface area (Å²) in [6, 6.07) is 9.81. The fraction of sp³-hybridized carbons (Fsp3) is 0.600. The van der Waals surface area contributed by atoms with Crippen molar-refractivity contribution in [2.75, 3.05) is 0 Å². The monoisotopic (exact) mass is 263 g/mol.